The molecule has 2 aromatic carbocycles. The van der Waals surface area contributed by atoms with Gasteiger partial charge in [0.05, 0.1) is 6.61 Å². The third kappa shape index (κ3) is 3.68. The van der Waals surface area contributed by atoms with E-state index >= 15 is 0 Å². The summed E-state index contributed by atoms with van der Waals surface area (Å²) in [4.78, 5) is 16.2. The molecule has 0 atom stereocenters. The summed E-state index contributed by atoms with van der Waals surface area (Å²) in [5, 5.41) is 0. The first kappa shape index (κ1) is 15.5. The first-order chi connectivity index (χ1) is 11.2. The van der Waals surface area contributed by atoms with E-state index in [2.05, 4.69) is 20.9 Å². The third-order valence-corrected chi connectivity index (χ3v) is 3.73. The molecule has 1 heterocycles. The highest BCUT2D eigenvalue weighted by molar-refractivity contribution is 9.10. The van der Waals surface area contributed by atoms with Gasteiger partial charge in [0.1, 0.15) is 5.75 Å². The molecule has 0 saturated carbocycles. The van der Waals surface area contributed by atoms with E-state index in [0.29, 0.717) is 12.5 Å². The van der Waals surface area contributed by atoms with E-state index < -0.39 is 5.97 Å². The number of aliphatic imine (C=N–C) groups is 1. The summed E-state index contributed by atoms with van der Waals surface area (Å²) in [6, 6.07) is 14.9. The van der Waals surface area contributed by atoms with E-state index in [4.69, 9.17) is 9.47 Å². The maximum Gasteiger partial charge on any atom is 0.363 e. The molecular weight excluding hydrogens is 358 g/mol. The van der Waals surface area contributed by atoms with Gasteiger partial charge in [0.15, 0.2) is 5.70 Å². The van der Waals surface area contributed by atoms with Gasteiger partial charge in [0.2, 0.25) is 5.90 Å². The van der Waals surface area contributed by atoms with Gasteiger partial charge >= 0.3 is 5.97 Å². The molecule has 1 aliphatic heterocycles. The van der Waals surface area contributed by atoms with E-state index in [1.54, 1.807) is 6.08 Å². The molecule has 1 aliphatic rings. The van der Waals surface area contributed by atoms with Gasteiger partial charge in [-0.15, -0.1) is 0 Å². The molecule has 0 radical (unpaired) electrons. The zero-order valence-corrected chi connectivity index (χ0v) is 14.0. The Hall–Kier alpha value is -2.40. The molecule has 0 unspecified atom stereocenters. The maximum absolute atomic E-state index is 12.0. The predicted octanol–water partition coefficient (Wildman–Crippen LogP) is 4.19. The molecular formula is C18H14BrNO3. The van der Waals surface area contributed by atoms with E-state index in [1.165, 1.54) is 0 Å². The molecule has 23 heavy (non-hydrogen) atoms. The predicted molar refractivity (Wildman–Crippen MR) is 92.4 cm³/mol. The number of benzene rings is 2. The van der Waals surface area contributed by atoms with Crippen LogP contribution in [0.25, 0.3) is 6.08 Å². The number of halogens is 1. The number of carbonyl (C=O) groups excluding carboxylic acids is 1. The van der Waals surface area contributed by atoms with E-state index in [0.717, 1.165) is 21.3 Å². The van der Waals surface area contributed by atoms with Gasteiger partial charge in [0, 0.05) is 10.0 Å². The van der Waals surface area contributed by atoms with Gasteiger partial charge in [-0.1, -0.05) is 28.1 Å². The average molecular weight is 372 g/mol. The summed E-state index contributed by atoms with van der Waals surface area (Å²) in [7, 11) is 0. The van der Waals surface area contributed by atoms with Crippen molar-refractivity contribution in [1.29, 1.82) is 0 Å². The zero-order chi connectivity index (χ0) is 16.2. The number of carbonyl (C=O) groups is 1. The Morgan fingerprint density at radius 2 is 1.83 bits per heavy atom. The molecule has 3 rings (SSSR count). The number of nitrogens with zero attached hydrogens (tertiary/aromatic N) is 1. The van der Waals surface area contributed by atoms with Gasteiger partial charge in [0.25, 0.3) is 0 Å². The fourth-order valence-corrected chi connectivity index (χ4v) is 2.37. The quantitative estimate of drug-likeness (QED) is 0.597. The molecule has 0 aliphatic carbocycles. The number of hydrogen-bond acceptors (Lipinski definition) is 4. The van der Waals surface area contributed by atoms with Crippen LogP contribution in [0.4, 0.5) is 0 Å². The van der Waals surface area contributed by atoms with Crippen molar-refractivity contribution in [3.8, 4) is 5.75 Å². The van der Waals surface area contributed by atoms with Crippen LogP contribution in [0, 0.1) is 0 Å². The molecule has 0 fully saturated rings. The van der Waals surface area contributed by atoms with Crippen LogP contribution in [0.15, 0.2) is 63.7 Å². The summed E-state index contributed by atoms with van der Waals surface area (Å²) < 4.78 is 11.6. The Kier molecular flexibility index (Phi) is 4.57. The molecule has 0 amide bonds. The topological polar surface area (TPSA) is 47.9 Å². The summed E-state index contributed by atoms with van der Waals surface area (Å²) in [6.07, 6.45) is 1.70. The lowest BCUT2D eigenvalue weighted by Crippen LogP contribution is -2.05. The first-order valence-electron chi connectivity index (χ1n) is 7.17. The van der Waals surface area contributed by atoms with Crippen LogP contribution in [-0.4, -0.2) is 18.5 Å². The monoisotopic (exact) mass is 371 g/mol. The van der Waals surface area contributed by atoms with E-state index in [9.17, 15) is 4.79 Å². The number of cyclic esters (lactones) is 1. The van der Waals surface area contributed by atoms with Gasteiger partial charge < -0.3 is 9.47 Å². The molecule has 4 nitrogen and oxygen atoms in total. The van der Waals surface area contributed by atoms with Crippen LogP contribution in [0.1, 0.15) is 18.1 Å². The Labute approximate surface area is 142 Å². The van der Waals surface area contributed by atoms with Gasteiger partial charge in [-0.3, -0.25) is 0 Å². The average Bonchev–Trinajstić information content (AvgIpc) is 2.91. The molecule has 0 aromatic heterocycles. The Balaban J connectivity index is 1.84. The molecule has 5 heteroatoms. The Morgan fingerprint density at radius 3 is 2.48 bits per heavy atom. The summed E-state index contributed by atoms with van der Waals surface area (Å²) in [5.74, 6) is 0.666. The van der Waals surface area contributed by atoms with Crippen molar-refractivity contribution in [1.82, 2.24) is 0 Å². The van der Waals surface area contributed by atoms with Crippen molar-refractivity contribution >= 4 is 33.9 Å². The summed E-state index contributed by atoms with van der Waals surface area (Å²) >= 11 is 3.37. The van der Waals surface area contributed by atoms with Crippen LogP contribution in [0.3, 0.4) is 0 Å². The smallest absolute Gasteiger partial charge is 0.363 e. The van der Waals surface area contributed by atoms with Gasteiger partial charge in [-0.05, 0) is 55.0 Å². The second-order valence-corrected chi connectivity index (χ2v) is 5.76. The number of esters is 1. The highest BCUT2D eigenvalue weighted by Crippen LogP contribution is 2.21. The fraction of sp³-hybridized carbons (Fsp3) is 0.111. The lowest BCUT2D eigenvalue weighted by Gasteiger charge is -2.02. The molecule has 0 N–H and O–H groups in total. The largest absolute Gasteiger partial charge is 0.494 e. The van der Waals surface area contributed by atoms with Crippen LogP contribution in [0.5, 0.6) is 5.75 Å². The van der Waals surface area contributed by atoms with Crippen LogP contribution in [0.2, 0.25) is 0 Å². The molecule has 2 aromatic rings. The maximum atomic E-state index is 12.0. The normalized spacial score (nSPS) is 15.5. The highest BCUT2D eigenvalue weighted by Gasteiger charge is 2.23. The van der Waals surface area contributed by atoms with Crippen molar-refractivity contribution in [2.45, 2.75) is 6.92 Å². The van der Waals surface area contributed by atoms with Crippen LogP contribution >= 0.6 is 15.9 Å². The minimum atomic E-state index is -0.447. The Morgan fingerprint density at radius 1 is 1.13 bits per heavy atom. The second-order valence-electron chi connectivity index (χ2n) is 4.84. The number of rotatable bonds is 4. The molecule has 0 bridgehead atoms. The standard InChI is InChI=1S/C18H14BrNO3/c1-2-22-15-9-3-12(4-10-15)11-16-18(21)23-17(20-16)13-5-7-14(19)8-6-13/h3-11H,2H2,1H3/b16-11-. The molecule has 0 spiro atoms. The first-order valence-corrected chi connectivity index (χ1v) is 7.96. The van der Waals surface area contributed by atoms with Crippen molar-refractivity contribution in [2.24, 2.45) is 4.99 Å². The zero-order valence-electron chi connectivity index (χ0n) is 12.5. The van der Waals surface area contributed by atoms with Crippen LogP contribution < -0.4 is 4.74 Å². The number of hydrogen-bond donors (Lipinski definition) is 0. The van der Waals surface area contributed by atoms with Crippen LogP contribution in [-0.2, 0) is 9.53 Å². The number of ether oxygens (including phenoxy) is 2. The van der Waals surface area contributed by atoms with Gasteiger partial charge in [-0.2, -0.15) is 0 Å². The molecule has 116 valence electrons. The lowest BCUT2D eigenvalue weighted by atomic mass is 10.2. The van der Waals surface area contributed by atoms with Crippen molar-refractivity contribution in [2.75, 3.05) is 6.61 Å². The van der Waals surface area contributed by atoms with Crippen molar-refractivity contribution in [3.05, 3.63) is 69.8 Å². The van der Waals surface area contributed by atoms with E-state index in [-0.39, 0.29) is 5.70 Å². The van der Waals surface area contributed by atoms with Crippen molar-refractivity contribution < 1.29 is 14.3 Å². The van der Waals surface area contributed by atoms with Gasteiger partial charge in [-0.25, -0.2) is 9.79 Å². The third-order valence-electron chi connectivity index (χ3n) is 3.21. The second kappa shape index (κ2) is 6.79. The van der Waals surface area contributed by atoms with E-state index in [1.807, 2.05) is 55.5 Å². The highest BCUT2D eigenvalue weighted by atomic mass is 79.9. The molecule has 0 saturated heterocycles. The Bertz CT molecular complexity index is 777. The minimum Gasteiger partial charge on any atom is -0.494 e. The minimum absolute atomic E-state index is 0.284. The summed E-state index contributed by atoms with van der Waals surface area (Å²) in [6.45, 7) is 2.55. The SMILES string of the molecule is CCOc1ccc(/C=C2\N=C(c3ccc(Br)cc3)OC2=O)cc1. The fourth-order valence-electron chi connectivity index (χ4n) is 2.11. The summed E-state index contributed by atoms with van der Waals surface area (Å²) in [5.41, 5.74) is 1.91. The van der Waals surface area contributed by atoms with Crippen molar-refractivity contribution in [3.63, 3.8) is 0 Å². The lowest BCUT2D eigenvalue weighted by molar-refractivity contribution is -0.129.